The summed E-state index contributed by atoms with van der Waals surface area (Å²) in [6, 6.07) is 6.22. The molecular formula is C12H6F3NO3. The molecule has 19 heavy (non-hydrogen) atoms. The maximum absolute atomic E-state index is 13.4. The van der Waals surface area contributed by atoms with Crippen LogP contribution in [0.4, 0.5) is 18.9 Å². The summed E-state index contributed by atoms with van der Waals surface area (Å²) in [5, 5.41) is 10.7. The molecule has 0 N–H and O–H groups in total. The molecule has 98 valence electrons. The first-order valence-corrected chi connectivity index (χ1v) is 5.05. The summed E-state index contributed by atoms with van der Waals surface area (Å²) in [5.74, 6) is -4.67. The molecule has 0 aromatic heterocycles. The molecule has 2 aromatic rings. The van der Waals surface area contributed by atoms with Crippen molar-refractivity contribution in [2.75, 3.05) is 0 Å². The van der Waals surface area contributed by atoms with Gasteiger partial charge in [-0.15, -0.1) is 0 Å². The van der Waals surface area contributed by atoms with Crippen LogP contribution in [0.1, 0.15) is 0 Å². The van der Waals surface area contributed by atoms with Gasteiger partial charge < -0.3 is 4.74 Å². The van der Waals surface area contributed by atoms with E-state index in [1.807, 2.05) is 0 Å². The predicted molar refractivity (Wildman–Crippen MR) is 59.5 cm³/mol. The molecule has 0 atom stereocenters. The number of nitrogens with zero attached hydrogens (tertiary/aromatic N) is 1. The van der Waals surface area contributed by atoms with Gasteiger partial charge in [-0.25, -0.2) is 4.39 Å². The number of hydrogen-bond acceptors (Lipinski definition) is 3. The molecule has 2 aromatic carbocycles. The van der Waals surface area contributed by atoms with Gasteiger partial charge in [0.05, 0.1) is 4.92 Å². The quantitative estimate of drug-likeness (QED) is 0.629. The number of nitro groups is 1. The zero-order valence-electron chi connectivity index (χ0n) is 9.27. The summed E-state index contributed by atoms with van der Waals surface area (Å²) in [6.45, 7) is 0. The Morgan fingerprint density at radius 1 is 0.947 bits per heavy atom. The molecule has 0 unspecified atom stereocenters. The molecule has 0 saturated heterocycles. The predicted octanol–water partition coefficient (Wildman–Crippen LogP) is 3.80. The second kappa shape index (κ2) is 4.97. The number of benzene rings is 2. The summed E-state index contributed by atoms with van der Waals surface area (Å²) in [6.07, 6.45) is 0. The van der Waals surface area contributed by atoms with Crippen LogP contribution in [0.15, 0.2) is 36.4 Å². The van der Waals surface area contributed by atoms with E-state index in [0.29, 0.717) is 0 Å². The summed E-state index contributed by atoms with van der Waals surface area (Å²) < 4.78 is 44.5. The average molecular weight is 269 g/mol. The van der Waals surface area contributed by atoms with Crippen molar-refractivity contribution in [1.82, 2.24) is 0 Å². The van der Waals surface area contributed by atoms with Gasteiger partial charge in [0.2, 0.25) is 17.4 Å². The Balaban J connectivity index is 2.47. The molecule has 2 rings (SSSR count). The molecule has 7 heteroatoms. The first-order chi connectivity index (χ1) is 9.00. The van der Waals surface area contributed by atoms with Crippen LogP contribution in [-0.4, -0.2) is 4.92 Å². The Kier molecular flexibility index (Phi) is 3.37. The minimum Gasteiger partial charge on any atom is -0.447 e. The Hall–Kier alpha value is -2.57. The van der Waals surface area contributed by atoms with Gasteiger partial charge in [-0.3, -0.25) is 10.1 Å². The fourth-order valence-corrected chi connectivity index (χ4v) is 1.44. The molecule has 0 aliphatic heterocycles. The first-order valence-electron chi connectivity index (χ1n) is 5.05. The van der Waals surface area contributed by atoms with Crippen LogP contribution >= 0.6 is 0 Å². The Labute approximate surface area is 105 Å². The topological polar surface area (TPSA) is 52.4 Å². The van der Waals surface area contributed by atoms with Crippen LogP contribution in [0.25, 0.3) is 0 Å². The van der Waals surface area contributed by atoms with E-state index >= 15 is 0 Å². The third-order valence-electron chi connectivity index (χ3n) is 2.27. The molecular weight excluding hydrogens is 263 g/mol. The van der Waals surface area contributed by atoms with Crippen molar-refractivity contribution in [1.29, 1.82) is 0 Å². The van der Waals surface area contributed by atoms with Crippen LogP contribution in [-0.2, 0) is 0 Å². The van der Waals surface area contributed by atoms with Crippen molar-refractivity contribution in [3.05, 3.63) is 64.0 Å². The van der Waals surface area contributed by atoms with Crippen LogP contribution in [0.3, 0.4) is 0 Å². The van der Waals surface area contributed by atoms with Crippen molar-refractivity contribution in [3.8, 4) is 11.5 Å². The number of hydrogen-bond donors (Lipinski definition) is 0. The molecule has 0 aliphatic carbocycles. The largest absolute Gasteiger partial charge is 0.447 e. The van der Waals surface area contributed by atoms with E-state index in [4.69, 9.17) is 4.74 Å². The minimum absolute atomic E-state index is 0.505. The number of para-hydroxylation sites is 1. The lowest BCUT2D eigenvalue weighted by molar-refractivity contribution is -0.388. The Bertz CT molecular complexity index is 646. The van der Waals surface area contributed by atoms with E-state index in [1.165, 1.54) is 6.07 Å². The zero-order valence-corrected chi connectivity index (χ0v) is 9.27. The second-order valence-corrected chi connectivity index (χ2v) is 3.50. The third kappa shape index (κ3) is 2.49. The monoisotopic (exact) mass is 269 g/mol. The minimum atomic E-state index is -1.30. The van der Waals surface area contributed by atoms with Crippen LogP contribution in [0.2, 0.25) is 0 Å². The van der Waals surface area contributed by atoms with Gasteiger partial charge in [0.25, 0.3) is 0 Å². The van der Waals surface area contributed by atoms with Gasteiger partial charge in [-0.2, -0.15) is 8.78 Å². The lowest BCUT2D eigenvalue weighted by Crippen LogP contribution is -1.98. The summed E-state index contributed by atoms with van der Waals surface area (Å²) >= 11 is 0. The summed E-state index contributed by atoms with van der Waals surface area (Å²) in [4.78, 5) is 9.70. The molecule has 0 bridgehead atoms. The SMILES string of the molecule is O=[N+]([O-])c1c(F)cccc1Oc1cccc(F)c1F. The number of rotatable bonds is 3. The molecule has 0 heterocycles. The zero-order chi connectivity index (χ0) is 14.0. The fourth-order valence-electron chi connectivity index (χ4n) is 1.44. The first kappa shape index (κ1) is 12.9. The maximum Gasteiger partial charge on any atom is 0.346 e. The highest BCUT2D eigenvalue weighted by molar-refractivity contribution is 5.49. The van der Waals surface area contributed by atoms with Gasteiger partial charge in [0.1, 0.15) is 0 Å². The second-order valence-electron chi connectivity index (χ2n) is 3.50. The van der Waals surface area contributed by atoms with Crippen molar-refractivity contribution < 1.29 is 22.8 Å². The molecule has 0 amide bonds. The molecule has 0 radical (unpaired) electrons. The maximum atomic E-state index is 13.4. The van der Waals surface area contributed by atoms with Crippen molar-refractivity contribution in [2.24, 2.45) is 0 Å². The average Bonchev–Trinajstić information content (AvgIpc) is 2.34. The highest BCUT2D eigenvalue weighted by atomic mass is 19.2. The summed E-state index contributed by atoms with van der Waals surface area (Å²) in [7, 11) is 0. The molecule has 4 nitrogen and oxygen atoms in total. The van der Waals surface area contributed by atoms with Crippen LogP contribution in [0, 0.1) is 27.6 Å². The highest BCUT2D eigenvalue weighted by Gasteiger charge is 2.23. The van der Waals surface area contributed by atoms with Crippen molar-refractivity contribution in [3.63, 3.8) is 0 Å². The fraction of sp³-hybridized carbons (Fsp3) is 0. The molecule has 0 fully saturated rings. The van der Waals surface area contributed by atoms with E-state index in [-0.39, 0.29) is 0 Å². The van der Waals surface area contributed by atoms with Crippen molar-refractivity contribution in [2.45, 2.75) is 0 Å². The standard InChI is InChI=1S/C12H6F3NO3/c13-7-3-1-5-9(11(7)15)19-10-6-2-4-8(14)12(10)16(17)18/h1-6H. The highest BCUT2D eigenvalue weighted by Crippen LogP contribution is 2.34. The third-order valence-corrected chi connectivity index (χ3v) is 2.27. The van der Waals surface area contributed by atoms with Gasteiger partial charge in [-0.1, -0.05) is 12.1 Å². The molecule has 0 saturated carbocycles. The lowest BCUT2D eigenvalue weighted by Gasteiger charge is -2.07. The molecule has 0 aliphatic rings. The van der Waals surface area contributed by atoms with E-state index in [2.05, 4.69) is 0 Å². The lowest BCUT2D eigenvalue weighted by atomic mass is 10.2. The smallest absolute Gasteiger partial charge is 0.346 e. The van der Waals surface area contributed by atoms with E-state index in [0.717, 1.165) is 30.3 Å². The number of halogens is 3. The summed E-state index contributed by atoms with van der Waals surface area (Å²) in [5.41, 5.74) is -0.939. The number of nitro benzene ring substituents is 1. The van der Waals surface area contributed by atoms with Gasteiger partial charge in [0.15, 0.2) is 11.6 Å². The van der Waals surface area contributed by atoms with Crippen LogP contribution < -0.4 is 4.74 Å². The normalized spacial score (nSPS) is 10.3. The Morgan fingerprint density at radius 2 is 1.53 bits per heavy atom. The van der Waals surface area contributed by atoms with Crippen molar-refractivity contribution >= 4 is 5.69 Å². The van der Waals surface area contributed by atoms with Gasteiger partial charge >= 0.3 is 5.69 Å². The van der Waals surface area contributed by atoms with E-state index < -0.39 is 39.6 Å². The van der Waals surface area contributed by atoms with Crippen LogP contribution in [0.5, 0.6) is 11.5 Å². The van der Waals surface area contributed by atoms with Gasteiger partial charge in [0, 0.05) is 0 Å². The Morgan fingerprint density at radius 3 is 2.16 bits per heavy atom. The number of ether oxygens (including phenoxy) is 1. The molecule has 0 spiro atoms. The van der Waals surface area contributed by atoms with E-state index in [9.17, 15) is 23.3 Å². The van der Waals surface area contributed by atoms with Gasteiger partial charge in [-0.05, 0) is 24.3 Å². The van der Waals surface area contributed by atoms with E-state index in [1.54, 1.807) is 0 Å².